The van der Waals surface area contributed by atoms with Crippen LogP contribution in [0, 0.1) is 0 Å². The van der Waals surface area contributed by atoms with E-state index in [1.54, 1.807) is 0 Å². The van der Waals surface area contributed by atoms with E-state index >= 15 is 0 Å². The molecule has 0 atom stereocenters. The van der Waals surface area contributed by atoms with Gasteiger partial charge >= 0.3 is 0 Å². The Balaban J connectivity index is 1.20. The van der Waals surface area contributed by atoms with Crippen LogP contribution in [0.4, 0.5) is 0 Å². The highest BCUT2D eigenvalue weighted by molar-refractivity contribution is 7.26. The molecule has 0 aliphatic carbocycles. The lowest BCUT2D eigenvalue weighted by atomic mass is 9.89. The molecule has 0 aliphatic heterocycles. The van der Waals surface area contributed by atoms with Crippen LogP contribution in [-0.2, 0) is 0 Å². The molecule has 0 unspecified atom stereocenters. The third-order valence-electron chi connectivity index (χ3n) is 10.4. The monoisotopic (exact) mass is 664 g/mol. The van der Waals surface area contributed by atoms with Gasteiger partial charge in [0.2, 0.25) is 0 Å². The van der Waals surface area contributed by atoms with E-state index in [4.69, 9.17) is 9.97 Å². The highest BCUT2D eigenvalue weighted by Crippen LogP contribution is 2.45. The van der Waals surface area contributed by atoms with Crippen molar-refractivity contribution in [3.05, 3.63) is 170 Å². The number of para-hydroxylation sites is 2. The number of hydrogen-bond acceptors (Lipinski definition) is 3. The van der Waals surface area contributed by atoms with Gasteiger partial charge in [0.25, 0.3) is 0 Å². The molecule has 2 nitrogen and oxygen atoms in total. The summed E-state index contributed by atoms with van der Waals surface area (Å²) in [5, 5.41) is 12.3. The SMILES string of the molecule is c1ccc(-c2nc3ccccc3c3c2cc(-c2cccc(-c4nc5ccccc5c5c4ccc4c6ccccc6sc45)c2)c2ccccc23)cc1. The lowest BCUT2D eigenvalue weighted by Crippen LogP contribution is -1.93. The Morgan fingerprint density at radius 3 is 1.69 bits per heavy atom. The maximum absolute atomic E-state index is 5.36. The molecule has 0 spiro atoms. The topological polar surface area (TPSA) is 25.8 Å². The zero-order chi connectivity index (χ0) is 33.5. The van der Waals surface area contributed by atoms with Crippen molar-refractivity contribution in [2.75, 3.05) is 0 Å². The van der Waals surface area contributed by atoms with Crippen molar-refractivity contribution in [2.45, 2.75) is 0 Å². The Hall–Kier alpha value is -6.42. The van der Waals surface area contributed by atoms with Gasteiger partial charge in [-0.1, -0.05) is 140 Å². The van der Waals surface area contributed by atoms with Crippen LogP contribution in [0.2, 0.25) is 0 Å². The first-order chi connectivity index (χ1) is 25.3. The lowest BCUT2D eigenvalue weighted by molar-refractivity contribution is 1.43. The predicted molar refractivity (Wildman–Crippen MR) is 219 cm³/mol. The van der Waals surface area contributed by atoms with Crippen LogP contribution < -0.4 is 0 Å². The van der Waals surface area contributed by atoms with Gasteiger partial charge in [-0.3, -0.25) is 0 Å². The van der Waals surface area contributed by atoms with Gasteiger partial charge in [-0.15, -0.1) is 11.3 Å². The van der Waals surface area contributed by atoms with Crippen molar-refractivity contribution in [1.29, 1.82) is 0 Å². The summed E-state index contributed by atoms with van der Waals surface area (Å²) in [5.41, 5.74) is 8.59. The van der Waals surface area contributed by atoms with Crippen LogP contribution in [0.1, 0.15) is 0 Å². The first kappa shape index (κ1) is 28.4. The van der Waals surface area contributed by atoms with Gasteiger partial charge in [0.05, 0.1) is 22.4 Å². The molecule has 236 valence electrons. The molecule has 0 saturated heterocycles. The summed E-state index contributed by atoms with van der Waals surface area (Å²) in [6, 6.07) is 61.2. The smallest absolute Gasteiger partial charge is 0.0788 e. The van der Waals surface area contributed by atoms with E-state index in [9.17, 15) is 0 Å². The molecule has 0 aliphatic rings. The third-order valence-corrected chi connectivity index (χ3v) is 11.6. The molecule has 0 amide bonds. The Labute approximate surface area is 297 Å². The number of fused-ring (bicyclic) bond motifs is 12. The van der Waals surface area contributed by atoms with Crippen LogP contribution in [-0.4, -0.2) is 9.97 Å². The van der Waals surface area contributed by atoms with Gasteiger partial charge in [-0.25, -0.2) is 9.97 Å². The fraction of sp³-hybridized carbons (Fsp3) is 0. The van der Waals surface area contributed by atoms with Gasteiger partial charge in [-0.05, 0) is 52.2 Å². The predicted octanol–water partition coefficient (Wildman–Crippen LogP) is 13.6. The van der Waals surface area contributed by atoms with E-state index in [0.29, 0.717) is 0 Å². The molecule has 3 aromatic heterocycles. The van der Waals surface area contributed by atoms with Crippen LogP contribution in [0.25, 0.3) is 108 Å². The van der Waals surface area contributed by atoms with Gasteiger partial charge in [0.15, 0.2) is 0 Å². The van der Waals surface area contributed by atoms with Crippen LogP contribution in [0.15, 0.2) is 170 Å². The standard InChI is InChI=1S/C48H28N2S/c1-2-13-29(14-3-1)46-40-28-39(32-17-4-5-19-34(32)44(40)36-20-6-9-22-41(36)49-46)30-15-12-16-31(27-30)47-38-26-25-35-33-18-8-11-24-43(33)51-48(35)45(38)37-21-7-10-23-42(37)50-47/h1-28H. The normalized spacial score (nSPS) is 11.9. The summed E-state index contributed by atoms with van der Waals surface area (Å²) in [4.78, 5) is 10.6. The highest BCUT2D eigenvalue weighted by Gasteiger charge is 2.19. The molecule has 51 heavy (non-hydrogen) atoms. The Morgan fingerprint density at radius 2 is 0.902 bits per heavy atom. The minimum absolute atomic E-state index is 1.00. The number of pyridine rings is 2. The van der Waals surface area contributed by atoms with Gasteiger partial charge in [0.1, 0.15) is 0 Å². The van der Waals surface area contributed by atoms with Gasteiger partial charge < -0.3 is 0 Å². The van der Waals surface area contributed by atoms with Crippen molar-refractivity contribution < 1.29 is 0 Å². The van der Waals surface area contributed by atoms with E-state index in [1.807, 2.05) is 11.3 Å². The van der Waals surface area contributed by atoms with Crippen molar-refractivity contribution in [1.82, 2.24) is 9.97 Å². The minimum atomic E-state index is 1.00. The molecule has 0 saturated carbocycles. The van der Waals surface area contributed by atoms with E-state index in [0.717, 1.165) is 44.5 Å². The summed E-state index contributed by atoms with van der Waals surface area (Å²) in [5.74, 6) is 0. The van der Waals surface area contributed by atoms with Crippen molar-refractivity contribution in [3.8, 4) is 33.6 Å². The number of nitrogens with zero attached hydrogens (tertiary/aromatic N) is 2. The first-order valence-corrected chi connectivity index (χ1v) is 18.1. The van der Waals surface area contributed by atoms with E-state index < -0.39 is 0 Å². The second-order valence-corrected chi connectivity index (χ2v) is 14.3. The average molecular weight is 665 g/mol. The zero-order valence-electron chi connectivity index (χ0n) is 27.5. The summed E-state index contributed by atoms with van der Waals surface area (Å²) in [6.45, 7) is 0. The third kappa shape index (κ3) is 4.29. The molecule has 11 rings (SSSR count). The molecule has 8 aromatic carbocycles. The molecule has 11 aromatic rings. The number of rotatable bonds is 3. The van der Waals surface area contributed by atoms with Crippen molar-refractivity contribution in [2.24, 2.45) is 0 Å². The van der Waals surface area contributed by atoms with Crippen molar-refractivity contribution in [3.63, 3.8) is 0 Å². The quantitative estimate of drug-likeness (QED) is 0.176. The molecule has 0 radical (unpaired) electrons. The largest absolute Gasteiger partial charge is 0.247 e. The molecule has 0 fully saturated rings. The maximum Gasteiger partial charge on any atom is 0.0788 e. The second kappa shape index (κ2) is 11.0. The summed E-state index contributed by atoms with van der Waals surface area (Å²) in [6.07, 6.45) is 0. The summed E-state index contributed by atoms with van der Waals surface area (Å²) >= 11 is 1.88. The molecule has 3 heterocycles. The Morgan fingerprint density at radius 1 is 0.333 bits per heavy atom. The van der Waals surface area contributed by atoms with Gasteiger partial charge in [-0.2, -0.15) is 0 Å². The molecular weight excluding hydrogens is 637 g/mol. The summed E-state index contributed by atoms with van der Waals surface area (Å²) in [7, 11) is 0. The summed E-state index contributed by atoms with van der Waals surface area (Å²) < 4.78 is 2.63. The van der Waals surface area contributed by atoms with E-state index in [2.05, 4.69) is 170 Å². The van der Waals surface area contributed by atoms with E-state index in [-0.39, 0.29) is 0 Å². The maximum atomic E-state index is 5.36. The van der Waals surface area contributed by atoms with Crippen LogP contribution in [0.3, 0.4) is 0 Å². The molecule has 0 N–H and O–H groups in total. The average Bonchev–Trinajstić information content (AvgIpc) is 3.59. The minimum Gasteiger partial charge on any atom is -0.247 e. The number of thiophene rings is 1. The highest BCUT2D eigenvalue weighted by atomic mass is 32.1. The Bertz CT molecular complexity index is 3190. The van der Waals surface area contributed by atoms with Crippen LogP contribution >= 0.6 is 11.3 Å². The Kier molecular flexibility index (Phi) is 6.16. The van der Waals surface area contributed by atoms with Gasteiger partial charge in [0, 0.05) is 63.6 Å². The fourth-order valence-corrected chi connectivity index (χ4v) is 9.41. The number of aromatic nitrogens is 2. The molecular formula is C48H28N2S. The molecule has 3 heteroatoms. The van der Waals surface area contributed by atoms with Crippen LogP contribution in [0.5, 0.6) is 0 Å². The van der Waals surface area contributed by atoms with E-state index in [1.165, 1.54) is 63.4 Å². The lowest BCUT2D eigenvalue weighted by Gasteiger charge is -2.17. The first-order valence-electron chi connectivity index (χ1n) is 17.3. The number of hydrogen-bond donors (Lipinski definition) is 0. The number of benzene rings is 8. The molecule has 0 bridgehead atoms. The van der Waals surface area contributed by atoms with Crippen molar-refractivity contribution >= 4 is 85.6 Å². The second-order valence-electron chi connectivity index (χ2n) is 13.3. The zero-order valence-corrected chi connectivity index (χ0v) is 28.3. The fourth-order valence-electron chi connectivity index (χ4n) is 8.14.